The molecule has 28 heavy (non-hydrogen) atoms. The zero-order valence-corrected chi connectivity index (χ0v) is 15.9. The van der Waals surface area contributed by atoms with Gasteiger partial charge in [0.2, 0.25) is 0 Å². The highest BCUT2D eigenvalue weighted by molar-refractivity contribution is 5.70. The van der Waals surface area contributed by atoms with E-state index in [1.165, 1.54) is 5.56 Å². The van der Waals surface area contributed by atoms with E-state index in [1.807, 2.05) is 30.3 Å². The summed E-state index contributed by atoms with van der Waals surface area (Å²) in [5.41, 5.74) is 1.19. The van der Waals surface area contributed by atoms with Crippen LogP contribution in [0.5, 0.6) is 11.5 Å². The monoisotopic (exact) mass is 382 g/mol. The van der Waals surface area contributed by atoms with Gasteiger partial charge in [-0.25, -0.2) is 4.79 Å². The minimum absolute atomic E-state index is 0.176. The van der Waals surface area contributed by atoms with Crippen LogP contribution >= 0.6 is 0 Å². The molecule has 1 amide bonds. The summed E-state index contributed by atoms with van der Waals surface area (Å²) in [5.74, 6) is 1.32. The minimum atomic E-state index is -0.299. The molecule has 1 N–H and O–H groups in total. The third-order valence-electron chi connectivity index (χ3n) is 5.09. The molecule has 4 rings (SSSR count). The molecule has 1 aliphatic carbocycles. The zero-order chi connectivity index (χ0) is 19.2. The molecule has 0 spiro atoms. The Morgan fingerprint density at radius 2 is 1.61 bits per heavy atom. The summed E-state index contributed by atoms with van der Waals surface area (Å²) < 4.78 is 17.3. The predicted octanol–water partition coefficient (Wildman–Crippen LogP) is 3.22. The van der Waals surface area contributed by atoms with Crippen molar-refractivity contribution in [1.82, 2.24) is 10.2 Å². The van der Waals surface area contributed by atoms with Gasteiger partial charge in [0.15, 0.2) is 0 Å². The lowest BCUT2D eigenvalue weighted by Gasteiger charge is -2.35. The highest BCUT2D eigenvalue weighted by Gasteiger charge is 2.31. The largest absolute Gasteiger partial charge is 0.490 e. The van der Waals surface area contributed by atoms with Gasteiger partial charge in [0.1, 0.15) is 17.6 Å². The molecular formula is C22H26N2O4. The fourth-order valence-corrected chi connectivity index (χ4v) is 3.33. The lowest BCUT2D eigenvalue weighted by molar-refractivity contribution is -0.0683. The first-order valence-corrected chi connectivity index (χ1v) is 9.86. The Hall–Kier alpha value is -2.57. The molecule has 2 aromatic rings. The number of amides is 1. The van der Waals surface area contributed by atoms with Crippen LogP contribution in [0.15, 0.2) is 54.6 Å². The maximum Gasteiger partial charge on any atom is 0.415 e. The van der Waals surface area contributed by atoms with E-state index in [4.69, 9.17) is 14.2 Å². The van der Waals surface area contributed by atoms with Crippen molar-refractivity contribution in [3.05, 3.63) is 60.2 Å². The van der Waals surface area contributed by atoms with Crippen molar-refractivity contribution in [1.29, 1.82) is 0 Å². The maximum atomic E-state index is 12.1. The molecule has 148 valence electrons. The van der Waals surface area contributed by atoms with Crippen molar-refractivity contribution in [3.8, 4) is 11.5 Å². The van der Waals surface area contributed by atoms with Gasteiger partial charge in [-0.1, -0.05) is 30.3 Å². The van der Waals surface area contributed by atoms with Crippen LogP contribution in [0.2, 0.25) is 0 Å². The molecule has 0 atom stereocenters. The summed E-state index contributed by atoms with van der Waals surface area (Å²) in [4.78, 5) is 13.8. The fourth-order valence-electron chi connectivity index (χ4n) is 3.33. The van der Waals surface area contributed by atoms with Gasteiger partial charge in [-0.15, -0.1) is 0 Å². The van der Waals surface area contributed by atoms with Crippen molar-refractivity contribution < 1.29 is 19.0 Å². The van der Waals surface area contributed by atoms with E-state index in [2.05, 4.69) is 17.4 Å². The number of ether oxygens (including phenoxy) is 3. The van der Waals surface area contributed by atoms with Gasteiger partial charge in [-0.05, 0) is 29.8 Å². The van der Waals surface area contributed by atoms with Gasteiger partial charge in [0.05, 0.1) is 12.7 Å². The Bertz CT molecular complexity index is 754. The molecule has 0 aromatic heterocycles. The normalized spacial score (nSPS) is 21.6. The lowest BCUT2D eigenvalue weighted by atomic mass is 9.92. The Balaban J connectivity index is 1.17. The Morgan fingerprint density at radius 1 is 0.929 bits per heavy atom. The third-order valence-corrected chi connectivity index (χ3v) is 5.09. The first-order valence-electron chi connectivity index (χ1n) is 9.86. The number of benzene rings is 2. The quantitative estimate of drug-likeness (QED) is 0.831. The Labute approximate surface area is 165 Å². The van der Waals surface area contributed by atoms with Crippen LogP contribution < -0.4 is 14.8 Å². The molecule has 1 aliphatic heterocycles. The maximum absolute atomic E-state index is 12.1. The number of nitrogens with one attached hydrogen (secondary N) is 1. The Kier molecular flexibility index (Phi) is 6.09. The summed E-state index contributed by atoms with van der Waals surface area (Å²) in [6, 6.07) is 17.4. The predicted molar refractivity (Wildman–Crippen MR) is 106 cm³/mol. The van der Waals surface area contributed by atoms with Crippen LogP contribution in [-0.4, -0.2) is 49.4 Å². The summed E-state index contributed by atoms with van der Waals surface area (Å²) in [6.07, 6.45) is 1.92. The number of piperazine rings is 1. The standard InChI is InChI=1S/C22H26N2O4/c25-22(24-12-10-23-11-13-24)28-19-8-6-18(7-9-19)27-21-14-20(15-21)26-16-17-4-2-1-3-5-17/h1-9,20-21,23H,10-16H2. The molecule has 2 aromatic carbocycles. The smallest absolute Gasteiger partial charge is 0.415 e. The molecule has 1 saturated carbocycles. The molecular weight excluding hydrogens is 356 g/mol. The second kappa shape index (κ2) is 9.08. The van der Waals surface area contributed by atoms with Crippen molar-refractivity contribution >= 4 is 6.09 Å². The average Bonchev–Trinajstić information content (AvgIpc) is 2.72. The first-order chi connectivity index (χ1) is 13.8. The molecule has 6 nitrogen and oxygen atoms in total. The SMILES string of the molecule is O=C(Oc1ccc(OC2CC(OCc3ccccc3)C2)cc1)N1CCNCC1. The number of carbonyl (C=O) groups is 1. The highest BCUT2D eigenvalue weighted by atomic mass is 16.6. The molecule has 0 bridgehead atoms. The molecule has 1 saturated heterocycles. The van der Waals surface area contributed by atoms with E-state index in [0.717, 1.165) is 31.7 Å². The average molecular weight is 382 g/mol. The summed E-state index contributed by atoms with van der Waals surface area (Å²) in [7, 11) is 0. The van der Waals surface area contributed by atoms with Gasteiger partial charge in [-0.2, -0.15) is 0 Å². The second-order valence-corrected chi connectivity index (χ2v) is 7.21. The number of hydrogen-bond donors (Lipinski definition) is 1. The second-order valence-electron chi connectivity index (χ2n) is 7.21. The van der Waals surface area contributed by atoms with E-state index in [0.29, 0.717) is 25.4 Å². The third kappa shape index (κ3) is 5.03. The summed E-state index contributed by atoms with van der Waals surface area (Å²) >= 11 is 0. The molecule has 2 fully saturated rings. The van der Waals surface area contributed by atoms with E-state index in [9.17, 15) is 4.79 Å². The first kappa shape index (κ1) is 18.8. The van der Waals surface area contributed by atoms with Gasteiger partial charge < -0.3 is 24.4 Å². The lowest BCUT2D eigenvalue weighted by Crippen LogP contribution is -2.47. The van der Waals surface area contributed by atoms with Crippen LogP contribution in [0.3, 0.4) is 0 Å². The van der Waals surface area contributed by atoms with Crippen molar-refractivity contribution in [3.63, 3.8) is 0 Å². The van der Waals surface area contributed by atoms with E-state index >= 15 is 0 Å². The highest BCUT2D eigenvalue weighted by Crippen LogP contribution is 2.29. The Morgan fingerprint density at radius 3 is 2.32 bits per heavy atom. The van der Waals surface area contributed by atoms with Crippen molar-refractivity contribution in [2.45, 2.75) is 31.7 Å². The van der Waals surface area contributed by atoms with Crippen LogP contribution in [-0.2, 0) is 11.3 Å². The molecule has 1 heterocycles. The summed E-state index contributed by atoms with van der Waals surface area (Å²) in [5, 5.41) is 3.21. The van der Waals surface area contributed by atoms with Crippen LogP contribution in [0, 0.1) is 0 Å². The summed E-state index contributed by atoms with van der Waals surface area (Å²) in [6.45, 7) is 3.61. The zero-order valence-electron chi connectivity index (χ0n) is 15.9. The van der Waals surface area contributed by atoms with Crippen LogP contribution in [0.1, 0.15) is 18.4 Å². The number of carbonyl (C=O) groups excluding carboxylic acids is 1. The van der Waals surface area contributed by atoms with E-state index in [1.54, 1.807) is 17.0 Å². The van der Waals surface area contributed by atoms with Gasteiger partial charge >= 0.3 is 6.09 Å². The molecule has 0 unspecified atom stereocenters. The fraction of sp³-hybridized carbons (Fsp3) is 0.409. The van der Waals surface area contributed by atoms with Crippen molar-refractivity contribution in [2.24, 2.45) is 0 Å². The van der Waals surface area contributed by atoms with E-state index in [-0.39, 0.29) is 18.3 Å². The van der Waals surface area contributed by atoms with Crippen LogP contribution in [0.4, 0.5) is 4.79 Å². The molecule has 2 aliphatic rings. The number of nitrogens with zero attached hydrogens (tertiary/aromatic N) is 1. The van der Waals surface area contributed by atoms with Gasteiger partial charge in [0, 0.05) is 39.0 Å². The number of rotatable bonds is 6. The van der Waals surface area contributed by atoms with Gasteiger partial charge in [-0.3, -0.25) is 0 Å². The molecule has 0 radical (unpaired) electrons. The molecule has 6 heteroatoms. The van der Waals surface area contributed by atoms with Crippen LogP contribution in [0.25, 0.3) is 0 Å². The van der Waals surface area contributed by atoms with E-state index < -0.39 is 0 Å². The minimum Gasteiger partial charge on any atom is -0.490 e. The topological polar surface area (TPSA) is 60.0 Å². The van der Waals surface area contributed by atoms with Crippen molar-refractivity contribution in [2.75, 3.05) is 26.2 Å². The number of hydrogen-bond acceptors (Lipinski definition) is 5. The van der Waals surface area contributed by atoms with Gasteiger partial charge in [0.25, 0.3) is 0 Å².